The van der Waals surface area contributed by atoms with Crippen molar-refractivity contribution in [3.05, 3.63) is 40.6 Å². The Kier molecular flexibility index (Phi) is 8.46. The van der Waals surface area contributed by atoms with Crippen LogP contribution < -0.4 is 10.6 Å². The van der Waals surface area contributed by atoms with Crippen LogP contribution >= 0.6 is 23.4 Å². The molecule has 11 heteroatoms. The van der Waals surface area contributed by atoms with Crippen LogP contribution in [0.1, 0.15) is 12.0 Å². The van der Waals surface area contributed by atoms with Crippen LogP contribution in [0.3, 0.4) is 0 Å². The second-order valence-electron chi connectivity index (χ2n) is 5.15. The number of thioether (sulfide) groups is 1. The molecule has 0 radical (unpaired) electrons. The maximum absolute atomic E-state index is 13.0. The van der Waals surface area contributed by atoms with Gasteiger partial charge in [-0.3, -0.25) is 4.79 Å². The molecule has 146 valence electrons. The van der Waals surface area contributed by atoms with E-state index >= 15 is 0 Å². The molecule has 0 aliphatic rings. The zero-order chi connectivity index (χ0) is 20.6. The number of carbonyl (C=O) groups excluding carboxylic acids is 1. The first kappa shape index (κ1) is 22.7. The zero-order valence-corrected chi connectivity index (χ0v) is 15.5. The van der Waals surface area contributed by atoms with Crippen molar-refractivity contribution >= 4 is 40.9 Å². The number of hydrogen-bond donors (Lipinski definition) is 3. The summed E-state index contributed by atoms with van der Waals surface area (Å²) in [5.41, 5.74) is -2.06. The average Bonchev–Trinajstić information content (AvgIpc) is 2.58. The standard InChI is InChI=1S/C16H15ClF3N3O3S/c1-27-5-4-13(15(25)26)23-14(24)9(7-21)8-22-12-3-2-10(17)6-11(12)16(18,19)20/h2-3,6,8,13,22H,4-5H2,1H3,(H,23,24)(H,25,26)/b9-8-. The second-order valence-corrected chi connectivity index (χ2v) is 6.57. The summed E-state index contributed by atoms with van der Waals surface area (Å²) in [7, 11) is 0. The Morgan fingerprint density at radius 1 is 1.44 bits per heavy atom. The van der Waals surface area contributed by atoms with E-state index in [1.807, 2.05) is 0 Å². The van der Waals surface area contributed by atoms with Crippen LogP contribution in [0.15, 0.2) is 30.0 Å². The van der Waals surface area contributed by atoms with Gasteiger partial charge < -0.3 is 15.7 Å². The smallest absolute Gasteiger partial charge is 0.418 e. The first-order valence-corrected chi connectivity index (χ1v) is 9.13. The van der Waals surface area contributed by atoms with Crippen LogP contribution in [0.5, 0.6) is 0 Å². The van der Waals surface area contributed by atoms with Gasteiger partial charge in [0.15, 0.2) is 0 Å². The number of anilines is 1. The van der Waals surface area contributed by atoms with E-state index in [0.717, 1.165) is 12.3 Å². The van der Waals surface area contributed by atoms with Crippen LogP contribution in [-0.4, -0.2) is 35.0 Å². The topological polar surface area (TPSA) is 102 Å². The molecule has 0 heterocycles. The number of halogens is 4. The highest BCUT2D eigenvalue weighted by atomic mass is 35.5. The third-order valence-electron chi connectivity index (χ3n) is 3.24. The number of amides is 1. The van der Waals surface area contributed by atoms with Crippen molar-refractivity contribution in [2.45, 2.75) is 18.6 Å². The summed E-state index contributed by atoms with van der Waals surface area (Å²) in [5.74, 6) is -1.83. The Balaban J connectivity index is 3.00. The normalized spacial score (nSPS) is 12.8. The Hall–Kier alpha value is -2.38. The summed E-state index contributed by atoms with van der Waals surface area (Å²) in [6.07, 6.45) is -2.04. The fraction of sp³-hybridized carbons (Fsp3) is 0.312. The number of carboxylic acid groups (broad SMARTS) is 1. The Morgan fingerprint density at radius 3 is 2.63 bits per heavy atom. The molecule has 1 amide bonds. The number of nitrogens with zero attached hydrogens (tertiary/aromatic N) is 1. The van der Waals surface area contributed by atoms with Crippen molar-refractivity contribution in [1.82, 2.24) is 5.32 Å². The number of hydrogen-bond acceptors (Lipinski definition) is 5. The molecule has 3 N–H and O–H groups in total. The number of alkyl halides is 3. The third-order valence-corrected chi connectivity index (χ3v) is 4.12. The van der Waals surface area contributed by atoms with Crippen molar-refractivity contribution in [3.8, 4) is 6.07 Å². The Morgan fingerprint density at radius 2 is 2.11 bits per heavy atom. The summed E-state index contributed by atoms with van der Waals surface area (Å²) in [6, 6.07) is 3.26. The van der Waals surface area contributed by atoms with Gasteiger partial charge in [0.25, 0.3) is 5.91 Å². The zero-order valence-electron chi connectivity index (χ0n) is 13.9. The lowest BCUT2D eigenvalue weighted by molar-refractivity contribution is -0.141. The van der Waals surface area contributed by atoms with E-state index in [1.165, 1.54) is 23.9 Å². The van der Waals surface area contributed by atoms with E-state index < -0.39 is 40.9 Å². The number of nitrogens with one attached hydrogen (secondary N) is 2. The van der Waals surface area contributed by atoms with Gasteiger partial charge in [0.2, 0.25) is 0 Å². The number of benzene rings is 1. The molecular weight excluding hydrogens is 407 g/mol. The highest BCUT2D eigenvalue weighted by molar-refractivity contribution is 7.98. The van der Waals surface area contributed by atoms with Gasteiger partial charge in [-0.1, -0.05) is 11.6 Å². The van der Waals surface area contributed by atoms with Crippen molar-refractivity contribution in [2.75, 3.05) is 17.3 Å². The molecule has 1 aromatic carbocycles. The molecule has 0 aromatic heterocycles. The molecule has 0 fully saturated rings. The third kappa shape index (κ3) is 7.03. The number of rotatable bonds is 8. The van der Waals surface area contributed by atoms with Crippen LogP contribution in [0.25, 0.3) is 0 Å². The second kappa shape index (κ2) is 10.1. The molecule has 0 aliphatic carbocycles. The summed E-state index contributed by atoms with van der Waals surface area (Å²) >= 11 is 6.95. The maximum atomic E-state index is 13.0. The van der Waals surface area contributed by atoms with Crippen molar-refractivity contribution in [3.63, 3.8) is 0 Å². The van der Waals surface area contributed by atoms with Gasteiger partial charge in [0.05, 0.1) is 11.3 Å². The lowest BCUT2D eigenvalue weighted by Crippen LogP contribution is -2.41. The molecule has 0 spiro atoms. The lowest BCUT2D eigenvalue weighted by Gasteiger charge is -2.15. The minimum atomic E-state index is -4.71. The molecule has 1 aromatic rings. The number of carboxylic acids is 1. The van der Waals surface area contributed by atoms with Crippen LogP contribution in [0.2, 0.25) is 5.02 Å². The van der Waals surface area contributed by atoms with Crippen molar-refractivity contribution in [1.29, 1.82) is 5.26 Å². The molecule has 0 saturated heterocycles. The van der Waals surface area contributed by atoms with E-state index in [0.29, 0.717) is 11.8 Å². The van der Waals surface area contributed by atoms with E-state index in [9.17, 15) is 22.8 Å². The van der Waals surface area contributed by atoms with Crippen molar-refractivity contribution in [2.24, 2.45) is 0 Å². The van der Waals surface area contributed by atoms with Crippen LogP contribution in [0.4, 0.5) is 18.9 Å². The number of aliphatic carboxylic acids is 1. The van der Waals surface area contributed by atoms with E-state index in [4.69, 9.17) is 22.0 Å². The number of nitriles is 1. The fourth-order valence-corrected chi connectivity index (χ4v) is 2.55. The largest absolute Gasteiger partial charge is 0.480 e. The molecule has 1 unspecified atom stereocenters. The monoisotopic (exact) mass is 421 g/mol. The highest BCUT2D eigenvalue weighted by Gasteiger charge is 2.33. The van der Waals surface area contributed by atoms with E-state index in [-0.39, 0.29) is 11.4 Å². The maximum Gasteiger partial charge on any atom is 0.418 e. The molecule has 0 saturated carbocycles. The molecule has 27 heavy (non-hydrogen) atoms. The molecule has 1 rings (SSSR count). The summed E-state index contributed by atoms with van der Waals surface area (Å²) < 4.78 is 39.1. The van der Waals surface area contributed by atoms with Crippen LogP contribution in [0, 0.1) is 11.3 Å². The fourth-order valence-electron chi connectivity index (χ4n) is 1.90. The van der Waals surface area contributed by atoms with E-state index in [2.05, 4.69) is 10.6 Å². The molecular formula is C16H15ClF3N3O3S. The minimum Gasteiger partial charge on any atom is -0.480 e. The highest BCUT2D eigenvalue weighted by Crippen LogP contribution is 2.36. The average molecular weight is 422 g/mol. The molecule has 1 atom stereocenters. The Bertz CT molecular complexity index is 778. The first-order valence-electron chi connectivity index (χ1n) is 7.36. The summed E-state index contributed by atoms with van der Waals surface area (Å²) in [4.78, 5) is 23.2. The van der Waals surface area contributed by atoms with Gasteiger partial charge in [-0.2, -0.15) is 30.2 Å². The SMILES string of the molecule is CSCCC(NC(=O)/C(C#N)=C\Nc1ccc(Cl)cc1C(F)(F)F)C(=O)O. The Labute approximate surface area is 162 Å². The van der Waals surface area contributed by atoms with Gasteiger partial charge in [0.1, 0.15) is 17.7 Å². The van der Waals surface area contributed by atoms with E-state index in [1.54, 1.807) is 6.26 Å². The number of carbonyl (C=O) groups is 2. The first-order chi connectivity index (χ1) is 12.6. The summed E-state index contributed by atoms with van der Waals surface area (Å²) in [6.45, 7) is 0. The van der Waals surface area contributed by atoms with Gasteiger partial charge in [-0.05, 0) is 36.6 Å². The van der Waals surface area contributed by atoms with Crippen LogP contribution in [-0.2, 0) is 15.8 Å². The molecule has 0 bridgehead atoms. The minimum absolute atomic E-state index is 0.129. The van der Waals surface area contributed by atoms with Gasteiger partial charge in [-0.15, -0.1) is 0 Å². The van der Waals surface area contributed by atoms with Crippen molar-refractivity contribution < 1.29 is 27.9 Å². The lowest BCUT2D eigenvalue weighted by atomic mass is 10.1. The van der Waals surface area contributed by atoms with Gasteiger partial charge in [-0.25, -0.2) is 4.79 Å². The van der Waals surface area contributed by atoms with Gasteiger partial charge >= 0.3 is 12.1 Å². The molecule has 0 aliphatic heterocycles. The predicted molar refractivity (Wildman–Crippen MR) is 96.3 cm³/mol. The summed E-state index contributed by atoms with van der Waals surface area (Å²) in [5, 5.41) is 22.4. The molecule has 6 nitrogen and oxygen atoms in total. The van der Waals surface area contributed by atoms with Gasteiger partial charge in [0, 0.05) is 11.2 Å². The quantitative estimate of drug-likeness (QED) is 0.438. The predicted octanol–water partition coefficient (Wildman–Crippen LogP) is 3.50.